The van der Waals surface area contributed by atoms with E-state index < -0.39 is 35.0 Å². The summed E-state index contributed by atoms with van der Waals surface area (Å²) < 4.78 is 76.4. The molecule has 2 aromatic carbocycles. The SMILES string of the molecule is O=C(O)c1cc(C(F)(F)F)c2cc(N3CCC4(C=C(c5c(-c6c(F)cccc6F)noc5C5CC5)C4)CC3)ccc2n1. The molecule has 3 aliphatic rings. The molecule has 1 saturated carbocycles. The van der Waals surface area contributed by atoms with E-state index in [0.29, 0.717) is 42.6 Å². The number of piperidine rings is 1. The number of anilines is 1. The molecule has 1 N–H and O–H groups in total. The van der Waals surface area contributed by atoms with Gasteiger partial charge in [0.2, 0.25) is 0 Å². The highest BCUT2D eigenvalue weighted by molar-refractivity contribution is 5.93. The van der Waals surface area contributed by atoms with Crippen molar-refractivity contribution in [3.8, 4) is 11.3 Å². The van der Waals surface area contributed by atoms with Crippen LogP contribution < -0.4 is 4.90 Å². The molecule has 0 bridgehead atoms. The van der Waals surface area contributed by atoms with E-state index in [1.54, 1.807) is 6.07 Å². The number of carboxylic acid groups (broad SMARTS) is 1. The van der Waals surface area contributed by atoms with Crippen molar-refractivity contribution < 1.29 is 36.4 Å². The summed E-state index contributed by atoms with van der Waals surface area (Å²) in [6, 6.07) is 8.79. The van der Waals surface area contributed by atoms with Crippen molar-refractivity contribution in [1.82, 2.24) is 10.1 Å². The summed E-state index contributed by atoms with van der Waals surface area (Å²) in [5.41, 5.74) is 0.351. The van der Waals surface area contributed by atoms with Gasteiger partial charge in [0.05, 0.1) is 16.6 Å². The number of benzene rings is 2. The molecule has 216 valence electrons. The molecule has 2 aromatic heterocycles. The molecular weight excluding hydrogens is 557 g/mol. The van der Waals surface area contributed by atoms with E-state index >= 15 is 0 Å². The number of fused-ring (bicyclic) bond motifs is 1. The highest BCUT2D eigenvalue weighted by Gasteiger charge is 2.44. The van der Waals surface area contributed by atoms with Crippen molar-refractivity contribution in [3.05, 3.63) is 82.8 Å². The maximum absolute atomic E-state index is 14.7. The van der Waals surface area contributed by atoms with E-state index in [-0.39, 0.29) is 33.5 Å². The lowest BCUT2D eigenvalue weighted by Crippen LogP contribution is -2.42. The molecule has 4 aromatic rings. The Hall–Kier alpha value is -4.28. The minimum Gasteiger partial charge on any atom is -0.477 e. The lowest BCUT2D eigenvalue weighted by atomic mass is 9.63. The fourth-order valence-electron chi connectivity index (χ4n) is 6.30. The van der Waals surface area contributed by atoms with Crippen LogP contribution in [0, 0.1) is 17.0 Å². The standard InChI is InChI=1S/C31H24F5N3O3/c32-21-2-1-3-22(33)26(21)27-25(28(42-38-27)16-4-5-16)17-14-30(15-17)8-10-39(11-9-30)18-6-7-23-19(12-18)20(31(34,35)36)13-24(37-23)29(40)41/h1-3,6-7,12-14,16H,4-5,8-11,15H2,(H,40,41). The molecule has 0 atom stereocenters. The zero-order valence-corrected chi connectivity index (χ0v) is 22.1. The largest absolute Gasteiger partial charge is 0.477 e. The van der Waals surface area contributed by atoms with Crippen LogP contribution >= 0.6 is 0 Å². The number of aromatic nitrogens is 2. The Morgan fingerprint density at radius 3 is 2.33 bits per heavy atom. The zero-order valence-electron chi connectivity index (χ0n) is 22.1. The third-order valence-corrected chi connectivity index (χ3v) is 8.65. The Morgan fingerprint density at radius 1 is 1.02 bits per heavy atom. The Kier molecular flexibility index (Phi) is 5.93. The number of pyridine rings is 1. The van der Waals surface area contributed by atoms with Crippen LogP contribution in [0.3, 0.4) is 0 Å². The molecule has 1 spiro atoms. The molecule has 1 aliphatic heterocycles. The van der Waals surface area contributed by atoms with Gasteiger partial charge in [-0.3, -0.25) is 0 Å². The second kappa shape index (κ2) is 9.37. The first-order valence-electron chi connectivity index (χ1n) is 13.7. The number of hydrogen-bond donors (Lipinski definition) is 1. The number of rotatable bonds is 5. The summed E-state index contributed by atoms with van der Waals surface area (Å²) in [6.07, 6.45) is 1.43. The maximum Gasteiger partial charge on any atom is 0.417 e. The lowest BCUT2D eigenvalue weighted by Gasteiger charge is -2.47. The number of aromatic carboxylic acids is 1. The van der Waals surface area contributed by atoms with Crippen LogP contribution in [0.4, 0.5) is 27.6 Å². The van der Waals surface area contributed by atoms with Crippen LogP contribution in [0.1, 0.15) is 65.4 Å². The van der Waals surface area contributed by atoms with E-state index in [1.807, 2.05) is 4.90 Å². The highest BCUT2D eigenvalue weighted by atomic mass is 19.4. The maximum atomic E-state index is 14.7. The van der Waals surface area contributed by atoms with Gasteiger partial charge in [-0.05, 0) is 79.5 Å². The summed E-state index contributed by atoms with van der Waals surface area (Å²) in [4.78, 5) is 17.2. The molecule has 6 nitrogen and oxygen atoms in total. The number of nitrogens with zero attached hydrogens (tertiary/aromatic N) is 3. The quantitative estimate of drug-likeness (QED) is 0.242. The van der Waals surface area contributed by atoms with Gasteiger partial charge in [-0.2, -0.15) is 13.2 Å². The van der Waals surface area contributed by atoms with Crippen LogP contribution in [0.5, 0.6) is 0 Å². The molecule has 11 heteroatoms. The first-order chi connectivity index (χ1) is 20.0. The Labute approximate surface area is 236 Å². The topological polar surface area (TPSA) is 79.5 Å². The molecule has 0 radical (unpaired) electrons. The summed E-state index contributed by atoms with van der Waals surface area (Å²) in [6.45, 7) is 1.18. The first-order valence-corrected chi connectivity index (χ1v) is 13.7. The number of carboxylic acids is 1. The molecule has 0 amide bonds. The summed E-state index contributed by atoms with van der Waals surface area (Å²) >= 11 is 0. The smallest absolute Gasteiger partial charge is 0.417 e. The van der Waals surface area contributed by atoms with Crippen LogP contribution in [0.2, 0.25) is 0 Å². The van der Waals surface area contributed by atoms with E-state index in [4.69, 9.17) is 4.52 Å². The normalized spacial score (nSPS) is 18.3. The van der Waals surface area contributed by atoms with Crippen molar-refractivity contribution >= 4 is 28.1 Å². The number of hydrogen-bond acceptors (Lipinski definition) is 5. The van der Waals surface area contributed by atoms with Crippen molar-refractivity contribution in [1.29, 1.82) is 0 Å². The van der Waals surface area contributed by atoms with Gasteiger partial charge >= 0.3 is 12.1 Å². The minimum atomic E-state index is -4.74. The summed E-state index contributed by atoms with van der Waals surface area (Å²) in [5.74, 6) is -2.07. The molecule has 42 heavy (non-hydrogen) atoms. The third-order valence-electron chi connectivity index (χ3n) is 8.65. The molecule has 2 fully saturated rings. The van der Waals surface area contributed by atoms with Crippen LogP contribution in [-0.4, -0.2) is 34.3 Å². The van der Waals surface area contributed by atoms with E-state index in [9.17, 15) is 31.9 Å². The monoisotopic (exact) mass is 581 g/mol. The second-order valence-corrected chi connectivity index (χ2v) is 11.4. The summed E-state index contributed by atoms with van der Waals surface area (Å²) in [5, 5.41) is 13.2. The van der Waals surface area contributed by atoms with Gasteiger partial charge in [0.25, 0.3) is 0 Å². The summed E-state index contributed by atoms with van der Waals surface area (Å²) in [7, 11) is 0. The molecule has 2 aliphatic carbocycles. The second-order valence-electron chi connectivity index (χ2n) is 11.4. The molecule has 7 rings (SSSR count). The predicted molar refractivity (Wildman–Crippen MR) is 144 cm³/mol. The number of carbonyl (C=O) groups is 1. The van der Waals surface area contributed by atoms with Crippen LogP contribution in [0.15, 0.2) is 53.1 Å². The van der Waals surface area contributed by atoms with Gasteiger partial charge in [0.15, 0.2) is 0 Å². The number of halogens is 5. The number of allylic oxidation sites excluding steroid dienone is 2. The highest BCUT2D eigenvalue weighted by Crippen LogP contribution is 2.56. The van der Waals surface area contributed by atoms with Crippen molar-refractivity contribution in [3.63, 3.8) is 0 Å². The van der Waals surface area contributed by atoms with Crippen molar-refractivity contribution in [2.24, 2.45) is 5.41 Å². The molecule has 0 unspecified atom stereocenters. The van der Waals surface area contributed by atoms with Crippen LogP contribution in [0.25, 0.3) is 27.7 Å². The van der Waals surface area contributed by atoms with E-state index in [2.05, 4.69) is 16.2 Å². The van der Waals surface area contributed by atoms with Gasteiger partial charge in [-0.25, -0.2) is 18.6 Å². The Bertz CT molecular complexity index is 1760. The molecular formula is C31H24F5N3O3. The van der Waals surface area contributed by atoms with E-state index in [1.165, 1.54) is 30.3 Å². The van der Waals surface area contributed by atoms with Gasteiger partial charge in [-0.1, -0.05) is 17.3 Å². The van der Waals surface area contributed by atoms with Gasteiger partial charge in [-0.15, -0.1) is 0 Å². The minimum absolute atomic E-state index is 0.0340. The number of alkyl halides is 3. The fourth-order valence-corrected chi connectivity index (χ4v) is 6.30. The molecule has 1 saturated heterocycles. The predicted octanol–water partition coefficient (Wildman–Crippen LogP) is 7.84. The van der Waals surface area contributed by atoms with Crippen molar-refractivity contribution in [2.45, 2.75) is 44.2 Å². The van der Waals surface area contributed by atoms with E-state index in [0.717, 1.165) is 31.3 Å². The Balaban J connectivity index is 1.15. The van der Waals surface area contributed by atoms with Crippen molar-refractivity contribution in [2.75, 3.05) is 18.0 Å². The average Bonchev–Trinajstić information content (AvgIpc) is 3.69. The molecule has 3 heterocycles. The fraction of sp³-hybridized carbons (Fsp3) is 0.323. The lowest BCUT2D eigenvalue weighted by molar-refractivity contribution is -0.136. The Morgan fingerprint density at radius 2 is 1.71 bits per heavy atom. The van der Waals surface area contributed by atoms with Crippen LogP contribution in [-0.2, 0) is 6.18 Å². The average molecular weight is 582 g/mol. The zero-order chi connectivity index (χ0) is 29.4. The van der Waals surface area contributed by atoms with Gasteiger partial charge < -0.3 is 14.5 Å². The van der Waals surface area contributed by atoms with Gasteiger partial charge in [0, 0.05) is 35.6 Å². The van der Waals surface area contributed by atoms with Gasteiger partial charge in [0.1, 0.15) is 28.8 Å². The first kappa shape index (κ1) is 26.6. The third kappa shape index (κ3) is 4.42.